The van der Waals surface area contributed by atoms with Gasteiger partial charge in [0.15, 0.2) is 12.4 Å². The molecule has 136 valence electrons. The predicted octanol–water partition coefficient (Wildman–Crippen LogP) is 3.42. The zero-order chi connectivity index (χ0) is 19.1. The molecular formula is C19H19NO5S. The third-order valence-electron chi connectivity index (χ3n) is 3.52. The van der Waals surface area contributed by atoms with Crippen molar-refractivity contribution in [2.75, 3.05) is 25.3 Å². The highest BCUT2D eigenvalue weighted by Crippen LogP contribution is 2.25. The van der Waals surface area contributed by atoms with Gasteiger partial charge in [0.05, 0.1) is 7.11 Å². The minimum absolute atomic E-state index is 0.103. The smallest absolute Gasteiger partial charge is 0.342 e. The molecule has 0 radical (unpaired) electrons. The molecule has 0 heterocycles. The minimum Gasteiger partial charge on any atom is -0.496 e. The highest BCUT2D eigenvalue weighted by molar-refractivity contribution is 7.98. The topological polar surface area (TPSA) is 81.7 Å². The number of esters is 1. The molecule has 7 heteroatoms. The van der Waals surface area contributed by atoms with E-state index in [4.69, 9.17) is 9.47 Å². The van der Waals surface area contributed by atoms with Crippen molar-refractivity contribution >= 4 is 35.1 Å². The van der Waals surface area contributed by atoms with E-state index in [-0.39, 0.29) is 11.3 Å². The van der Waals surface area contributed by atoms with Gasteiger partial charge in [0.2, 0.25) is 0 Å². The molecule has 0 saturated carbocycles. The van der Waals surface area contributed by atoms with E-state index >= 15 is 0 Å². The Bertz CT molecular complexity index is 834. The van der Waals surface area contributed by atoms with Crippen LogP contribution in [0, 0.1) is 0 Å². The Morgan fingerprint density at radius 3 is 2.54 bits per heavy atom. The number of thioether (sulfide) groups is 1. The number of methoxy groups -OCH3 is 1. The number of rotatable bonds is 7. The van der Waals surface area contributed by atoms with E-state index < -0.39 is 18.5 Å². The molecule has 2 aromatic carbocycles. The number of carbonyl (C=O) groups is 3. The van der Waals surface area contributed by atoms with Crippen LogP contribution in [0.25, 0.3) is 0 Å². The SMILES string of the molecule is COc1cc(SC)ccc1C(=O)OCC(=O)Nc1cccc(C(C)=O)c1. The largest absolute Gasteiger partial charge is 0.496 e. The van der Waals surface area contributed by atoms with Gasteiger partial charge in [0.1, 0.15) is 11.3 Å². The first-order valence-corrected chi connectivity index (χ1v) is 8.97. The summed E-state index contributed by atoms with van der Waals surface area (Å²) < 4.78 is 10.3. The molecule has 0 aromatic heterocycles. The van der Waals surface area contributed by atoms with Crippen molar-refractivity contribution < 1.29 is 23.9 Å². The Balaban J connectivity index is 1.98. The van der Waals surface area contributed by atoms with E-state index in [1.54, 1.807) is 42.5 Å². The number of ketones is 1. The summed E-state index contributed by atoms with van der Waals surface area (Å²) >= 11 is 1.52. The summed E-state index contributed by atoms with van der Waals surface area (Å²) in [4.78, 5) is 36.5. The molecule has 0 aliphatic rings. The second-order valence-corrected chi connectivity index (χ2v) is 6.21. The summed E-state index contributed by atoms with van der Waals surface area (Å²) in [6.07, 6.45) is 1.91. The molecule has 1 N–H and O–H groups in total. The molecule has 0 fully saturated rings. The molecule has 0 bridgehead atoms. The number of nitrogens with one attached hydrogen (secondary N) is 1. The van der Waals surface area contributed by atoms with E-state index in [2.05, 4.69) is 5.32 Å². The van der Waals surface area contributed by atoms with E-state index in [1.165, 1.54) is 25.8 Å². The zero-order valence-electron chi connectivity index (χ0n) is 14.7. The number of anilines is 1. The highest BCUT2D eigenvalue weighted by atomic mass is 32.2. The van der Waals surface area contributed by atoms with E-state index in [0.717, 1.165) is 4.90 Å². The van der Waals surface area contributed by atoms with Gasteiger partial charge in [-0.1, -0.05) is 12.1 Å². The molecule has 2 rings (SSSR count). The summed E-state index contributed by atoms with van der Waals surface area (Å²) in [6.45, 7) is 0.995. The summed E-state index contributed by atoms with van der Waals surface area (Å²) in [5, 5.41) is 2.59. The van der Waals surface area contributed by atoms with Crippen molar-refractivity contribution in [1.82, 2.24) is 0 Å². The second kappa shape index (κ2) is 9.05. The first kappa shape index (κ1) is 19.5. The maximum Gasteiger partial charge on any atom is 0.342 e. The molecule has 0 spiro atoms. The van der Waals surface area contributed by atoms with Gasteiger partial charge in [0.25, 0.3) is 5.91 Å². The van der Waals surface area contributed by atoms with Crippen LogP contribution in [0.1, 0.15) is 27.6 Å². The number of ether oxygens (including phenoxy) is 2. The lowest BCUT2D eigenvalue weighted by Gasteiger charge is -2.10. The van der Waals surface area contributed by atoms with Gasteiger partial charge < -0.3 is 14.8 Å². The molecule has 6 nitrogen and oxygen atoms in total. The molecule has 0 saturated heterocycles. The van der Waals surface area contributed by atoms with Crippen LogP contribution < -0.4 is 10.1 Å². The van der Waals surface area contributed by atoms with Crippen molar-refractivity contribution in [1.29, 1.82) is 0 Å². The first-order valence-electron chi connectivity index (χ1n) is 7.74. The second-order valence-electron chi connectivity index (χ2n) is 5.33. The van der Waals surface area contributed by atoms with Crippen molar-refractivity contribution in [3.63, 3.8) is 0 Å². The summed E-state index contributed by atoms with van der Waals surface area (Å²) in [5.74, 6) is -0.870. The molecule has 2 aromatic rings. The monoisotopic (exact) mass is 373 g/mol. The van der Waals surface area contributed by atoms with E-state index in [0.29, 0.717) is 17.0 Å². The number of hydrogen-bond acceptors (Lipinski definition) is 6. The predicted molar refractivity (Wildman–Crippen MR) is 100 cm³/mol. The van der Waals surface area contributed by atoms with Gasteiger partial charge in [0, 0.05) is 16.1 Å². The van der Waals surface area contributed by atoms with Crippen LogP contribution in [-0.2, 0) is 9.53 Å². The average Bonchev–Trinajstić information content (AvgIpc) is 2.65. The molecule has 0 atom stereocenters. The first-order chi connectivity index (χ1) is 12.4. The number of benzene rings is 2. The fourth-order valence-corrected chi connectivity index (χ4v) is 2.62. The van der Waals surface area contributed by atoms with Gasteiger partial charge >= 0.3 is 5.97 Å². The van der Waals surface area contributed by atoms with Crippen LogP contribution in [0.2, 0.25) is 0 Å². The van der Waals surface area contributed by atoms with Gasteiger partial charge in [-0.15, -0.1) is 11.8 Å². The van der Waals surface area contributed by atoms with Crippen LogP contribution in [-0.4, -0.2) is 37.6 Å². The summed E-state index contributed by atoms with van der Waals surface area (Å²) in [7, 11) is 1.46. The third kappa shape index (κ3) is 5.10. The lowest BCUT2D eigenvalue weighted by atomic mass is 10.1. The minimum atomic E-state index is -0.651. The fourth-order valence-electron chi connectivity index (χ4n) is 2.19. The normalized spacial score (nSPS) is 10.1. The van der Waals surface area contributed by atoms with Gasteiger partial charge in [-0.3, -0.25) is 9.59 Å². The summed E-state index contributed by atoms with van der Waals surface area (Å²) in [6, 6.07) is 11.6. The molecule has 26 heavy (non-hydrogen) atoms. The maximum atomic E-state index is 12.2. The molecular weight excluding hydrogens is 354 g/mol. The Kier molecular flexibility index (Phi) is 6.80. The van der Waals surface area contributed by atoms with Gasteiger partial charge in [-0.05, 0) is 43.5 Å². The fraction of sp³-hybridized carbons (Fsp3) is 0.211. The average molecular weight is 373 g/mol. The Morgan fingerprint density at radius 1 is 1.12 bits per heavy atom. The van der Waals surface area contributed by atoms with Gasteiger partial charge in [-0.2, -0.15) is 0 Å². The van der Waals surface area contributed by atoms with Crippen molar-refractivity contribution in [3.05, 3.63) is 53.6 Å². The lowest BCUT2D eigenvalue weighted by molar-refractivity contribution is -0.119. The van der Waals surface area contributed by atoms with Crippen LogP contribution in [0.4, 0.5) is 5.69 Å². The number of Topliss-reactive ketones (excluding diaryl/α,β-unsaturated/α-hetero) is 1. The number of hydrogen-bond donors (Lipinski definition) is 1. The molecule has 0 aliphatic heterocycles. The van der Waals surface area contributed by atoms with Crippen molar-refractivity contribution in [2.45, 2.75) is 11.8 Å². The zero-order valence-corrected chi connectivity index (χ0v) is 15.5. The molecule has 0 aliphatic carbocycles. The Labute approximate surface area is 155 Å². The van der Waals surface area contributed by atoms with Crippen LogP contribution in [0.3, 0.4) is 0 Å². The number of carbonyl (C=O) groups excluding carboxylic acids is 3. The molecule has 1 amide bonds. The Morgan fingerprint density at radius 2 is 1.88 bits per heavy atom. The third-order valence-corrected chi connectivity index (χ3v) is 4.24. The summed E-state index contributed by atoms with van der Waals surface area (Å²) in [5.41, 5.74) is 1.19. The Hall–Kier alpha value is -2.80. The molecule has 0 unspecified atom stereocenters. The quantitative estimate of drug-likeness (QED) is 0.455. The lowest BCUT2D eigenvalue weighted by Crippen LogP contribution is -2.21. The van der Waals surface area contributed by atoms with E-state index in [1.807, 2.05) is 6.26 Å². The van der Waals surface area contributed by atoms with Crippen molar-refractivity contribution in [2.24, 2.45) is 0 Å². The maximum absolute atomic E-state index is 12.2. The van der Waals surface area contributed by atoms with Crippen molar-refractivity contribution in [3.8, 4) is 5.75 Å². The van der Waals surface area contributed by atoms with Crippen LogP contribution >= 0.6 is 11.8 Å². The van der Waals surface area contributed by atoms with Gasteiger partial charge in [-0.25, -0.2) is 4.79 Å². The number of amides is 1. The highest BCUT2D eigenvalue weighted by Gasteiger charge is 2.16. The van der Waals surface area contributed by atoms with E-state index in [9.17, 15) is 14.4 Å². The van der Waals surface area contributed by atoms with Crippen LogP contribution in [0.5, 0.6) is 5.75 Å². The van der Waals surface area contributed by atoms with Crippen LogP contribution in [0.15, 0.2) is 47.4 Å². The standard InChI is InChI=1S/C19H19NO5S/c1-12(21)13-5-4-6-14(9-13)20-18(22)11-25-19(23)16-8-7-15(26-3)10-17(16)24-2/h4-10H,11H2,1-3H3,(H,20,22).